The summed E-state index contributed by atoms with van der Waals surface area (Å²) in [6.45, 7) is 0.737. The number of carbonyl (C=O) groups excluding carboxylic acids is 2. The van der Waals surface area contributed by atoms with Gasteiger partial charge in [-0.25, -0.2) is 14.4 Å². The van der Waals surface area contributed by atoms with Crippen LogP contribution in [0.5, 0.6) is 0 Å². The summed E-state index contributed by atoms with van der Waals surface area (Å²) < 4.78 is 5.21. The van der Waals surface area contributed by atoms with E-state index in [1.807, 2.05) is 0 Å². The van der Waals surface area contributed by atoms with Crippen LogP contribution in [0.15, 0.2) is 0 Å². The van der Waals surface area contributed by atoms with E-state index in [-0.39, 0.29) is 25.7 Å². The number of nitrogens with two attached hydrogens (primary N) is 1. The van der Waals surface area contributed by atoms with Crippen LogP contribution in [-0.2, 0) is 9.53 Å². The van der Waals surface area contributed by atoms with Crippen molar-refractivity contribution in [3.8, 4) is 0 Å². The summed E-state index contributed by atoms with van der Waals surface area (Å²) in [6, 6.07) is -1.06. The Kier molecular flexibility index (Phi) is 5.86. The van der Waals surface area contributed by atoms with Crippen molar-refractivity contribution in [2.75, 3.05) is 19.6 Å². The monoisotopic (exact) mass is 274 g/mol. The highest BCUT2D eigenvalue weighted by atomic mass is 16.5. The standard InChI is InChI=1S/C10H18N4O5/c11-9(17)12-3-4-13-10(18)14-5-6-1-2-7(19-6)8(15)16/h6-7H,1-5H2,(H,15,16)(H3,11,12,17)(H2,13,14,18). The molecular weight excluding hydrogens is 256 g/mol. The van der Waals surface area contributed by atoms with Crippen molar-refractivity contribution in [1.82, 2.24) is 16.0 Å². The average molecular weight is 274 g/mol. The highest BCUT2D eigenvalue weighted by molar-refractivity contribution is 5.74. The molecule has 2 atom stereocenters. The van der Waals surface area contributed by atoms with Crippen LogP contribution in [0.4, 0.5) is 9.59 Å². The van der Waals surface area contributed by atoms with Gasteiger partial charge < -0.3 is 31.5 Å². The normalized spacial score (nSPS) is 21.7. The van der Waals surface area contributed by atoms with E-state index in [2.05, 4.69) is 16.0 Å². The lowest BCUT2D eigenvalue weighted by atomic mass is 10.2. The number of primary amides is 1. The first-order valence-electron chi connectivity index (χ1n) is 5.92. The number of carboxylic acids is 1. The van der Waals surface area contributed by atoms with Gasteiger partial charge in [0.05, 0.1) is 6.10 Å². The number of nitrogens with one attached hydrogen (secondary N) is 3. The Morgan fingerprint density at radius 1 is 1.16 bits per heavy atom. The SMILES string of the molecule is NC(=O)NCCNC(=O)NCC1CCC(C(=O)O)O1. The molecule has 0 saturated carbocycles. The Labute approximate surface area is 109 Å². The molecule has 1 saturated heterocycles. The van der Waals surface area contributed by atoms with Gasteiger partial charge in [-0.3, -0.25) is 0 Å². The van der Waals surface area contributed by atoms with Crippen LogP contribution in [0.2, 0.25) is 0 Å². The number of hydrogen-bond donors (Lipinski definition) is 5. The third-order valence-corrected chi connectivity index (χ3v) is 2.58. The van der Waals surface area contributed by atoms with E-state index in [1.165, 1.54) is 0 Å². The number of amides is 4. The molecule has 6 N–H and O–H groups in total. The Balaban J connectivity index is 2.07. The van der Waals surface area contributed by atoms with Crippen LogP contribution < -0.4 is 21.7 Å². The van der Waals surface area contributed by atoms with Gasteiger partial charge in [-0.15, -0.1) is 0 Å². The van der Waals surface area contributed by atoms with Crippen LogP contribution in [0.25, 0.3) is 0 Å². The van der Waals surface area contributed by atoms with Gasteiger partial charge >= 0.3 is 18.0 Å². The zero-order valence-electron chi connectivity index (χ0n) is 10.3. The molecule has 0 aromatic carbocycles. The zero-order chi connectivity index (χ0) is 14.3. The Morgan fingerprint density at radius 2 is 1.84 bits per heavy atom. The molecule has 1 rings (SSSR count). The summed E-state index contributed by atoms with van der Waals surface area (Å²) in [6.07, 6.45) is -0.0167. The molecule has 108 valence electrons. The maximum absolute atomic E-state index is 11.3. The predicted octanol–water partition coefficient (Wildman–Crippen LogP) is -1.41. The first kappa shape index (κ1) is 15.0. The van der Waals surface area contributed by atoms with Gasteiger partial charge in [0.2, 0.25) is 0 Å². The van der Waals surface area contributed by atoms with Crippen LogP contribution in [-0.4, -0.2) is 55.0 Å². The molecule has 2 unspecified atom stereocenters. The first-order chi connectivity index (χ1) is 8.99. The number of urea groups is 2. The van der Waals surface area contributed by atoms with Crippen LogP contribution in [0, 0.1) is 0 Å². The number of carbonyl (C=O) groups is 3. The molecule has 1 aliphatic rings. The Hall–Kier alpha value is -2.03. The summed E-state index contributed by atoms with van der Waals surface area (Å²) in [4.78, 5) is 32.3. The lowest BCUT2D eigenvalue weighted by molar-refractivity contribution is -0.149. The minimum absolute atomic E-state index is 0.240. The van der Waals surface area contributed by atoms with E-state index < -0.39 is 24.1 Å². The number of aliphatic carboxylic acids is 1. The van der Waals surface area contributed by atoms with Gasteiger partial charge in [0, 0.05) is 19.6 Å². The molecule has 1 fully saturated rings. The number of carboxylic acid groups (broad SMARTS) is 1. The summed E-state index contributed by atoms with van der Waals surface area (Å²) in [5.41, 5.74) is 4.85. The highest BCUT2D eigenvalue weighted by Crippen LogP contribution is 2.18. The van der Waals surface area contributed by atoms with Crippen molar-refractivity contribution >= 4 is 18.0 Å². The van der Waals surface area contributed by atoms with Crippen LogP contribution in [0.1, 0.15) is 12.8 Å². The third kappa shape index (κ3) is 5.91. The van der Waals surface area contributed by atoms with Gasteiger partial charge in [0.15, 0.2) is 6.10 Å². The molecule has 0 aliphatic carbocycles. The molecule has 0 spiro atoms. The lowest BCUT2D eigenvalue weighted by Gasteiger charge is -2.13. The topological polar surface area (TPSA) is 143 Å². The second kappa shape index (κ2) is 7.41. The van der Waals surface area contributed by atoms with Crippen molar-refractivity contribution in [3.05, 3.63) is 0 Å². The molecule has 0 aromatic heterocycles. The van der Waals surface area contributed by atoms with Gasteiger partial charge in [-0.2, -0.15) is 0 Å². The molecule has 9 nitrogen and oxygen atoms in total. The summed E-state index contributed by atoms with van der Waals surface area (Å²) in [5, 5.41) is 16.1. The molecule has 0 radical (unpaired) electrons. The fourth-order valence-electron chi connectivity index (χ4n) is 1.67. The number of ether oxygens (including phenoxy) is 1. The molecule has 1 aliphatic heterocycles. The van der Waals surface area contributed by atoms with Gasteiger partial charge in [0.25, 0.3) is 0 Å². The Morgan fingerprint density at radius 3 is 2.42 bits per heavy atom. The molecule has 4 amide bonds. The maximum Gasteiger partial charge on any atom is 0.332 e. The predicted molar refractivity (Wildman–Crippen MR) is 64.5 cm³/mol. The first-order valence-corrected chi connectivity index (χ1v) is 5.92. The molecular formula is C10H18N4O5. The van der Waals surface area contributed by atoms with E-state index in [1.54, 1.807) is 0 Å². The molecule has 1 heterocycles. The molecule has 9 heteroatoms. The summed E-state index contributed by atoms with van der Waals surface area (Å²) in [7, 11) is 0. The molecule has 0 aromatic rings. The van der Waals surface area contributed by atoms with E-state index in [4.69, 9.17) is 15.6 Å². The van der Waals surface area contributed by atoms with Crippen molar-refractivity contribution in [3.63, 3.8) is 0 Å². The quantitative estimate of drug-likeness (QED) is 0.378. The number of rotatable bonds is 6. The largest absolute Gasteiger partial charge is 0.479 e. The van der Waals surface area contributed by atoms with E-state index in [0.717, 1.165) is 0 Å². The highest BCUT2D eigenvalue weighted by Gasteiger charge is 2.30. The van der Waals surface area contributed by atoms with Gasteiger partial charge in [0.1, 0.15) is 0 Å². The summed E-state index contributed by atoms with van der Waals surface area (Å²) >= 11 is 0. The maximum atomic E-state index is 11.3. The van der Waals surface area contributed by atoms with Crippen molar-refractivity contribution < 1.29 is 24.2 Å². The van der Waals surface area contributed by atoms with E-state index in [0.29, 0.717) is 12.8 Å². The molecule has 19 heavy (non-hydrogen) atoms. The van der Waals surface area contributed by atoms with Crippen LogP contribution in [0.3, 0.4) is 0 Å². The molecule has 0 bridgehead atoms. The second-order valence-corrected chi connectivity index (χ2v) is 4.09. The van der Waals surface area contributed by atoms with E-state index >= 15 is 0 Å². The Bertz CT molecular complexity index is 349. The van der Waals surface area contributed by atoms with Crippen LogP contribution >= 0.6 is 0 Å². The van der Waals surface area contributed by atoms with Crippen molar-refractivity contribution in [1.29, 1.82) is 0 Å². The average Bonchev–Trinajstić information content (AvgIpc) is 2.81. The lowest BCUT2D eigenvalue weighted by Crippen LogP contribution is -2.43. The van der Waals surface area contributed by atoms with Gasteiger partial charge in [-0.1, -0.05) is 0 Å². The second-order valence-electron chi connectivity index (χ2n) is 4.09. The minimum atomic E-state index is -0.982. The third-order valence-electron chi connectivity index (χ3n) is 2.58. The fourth-order valence-corrected chi connectivity index (χ4v) is 1.67. The van der Waals surface area contributed by atoms with Crippen molar-refractivity contribution in [2.24, 2.45) is 5.73 Å². The van der Waals surface area contributed by atoms with Gasteiger partial charge in [-0.05, 0) is 12.8 Å². The van der Waals surface area contributed by atoms with E-state index in [9.17, 15) is 14.4 Å². The van der Waals surface area contributed by atoms with Crippen molar-refractivity contribution in [2.45, 2.75) is 25.0 Å². The smallest absolute Gasteiger partial charge is 0.332 e. The minimum Gasteiger partial charge on any atom is -0.479 e. The zero-order valence-corrected chi connectivity index (χ0v) is 10.3. The summed E-state index contributed by atoms with van der Waals surface area (Å²) in [5.74, 6) is -0.982. The fraction of sp³-hybridized carbons (Fsp3) is 0.700. The number of hydrogen-bond acceptors (Lipinski definition) is 4.